The molecule has 2 fully saturated rings. The van der Waals surface area contributed by atoms with Gasteiger partial charge in [-0.1, -0.05) is 12.1 Å². The number of amides is 1. The fourth-order valence-electron chi connectivity index (χ4n) is 5.94. The van der Waals surface area contributed by atoms with Crippen molar-refractivity contribution in [2.75, 3.05) is 42.5 Å². The van der Waals surface area contributed by atoms with Crippen LogP contribution in [0.25, 0.3) is 0 Å². The van der Waals surface area contributed by atoms with E-state index in [4.69, 9.17) is 4.74 Å². The third-order valence-electron chi connectivity index (χ3n) is 7.45. The molecular formula is C27H29F3N4O2. The number of morpholine rings is 1. The first kappa shape index (κ1) is 24.4. The van der Waals surface area contributed by atoms with E-state index in [1.807, 2.05) is 36.9 Å². The summed E-state index contributed by atoms with van der Waals surface area (Å²) in [6.45, 7) is 6.42. The fourth-order valence-corrected chi connectivity index (χ4v) is 5.94. The predicted octanol–water partition coefficient (Wildman–Crippen LogP) is 4.08. The molecule has 3 aliphatic heterocycles. The number of halogens is 3. The summed E-state index contributed by atoms with van der Waals surface area (Å²) in [5.41, 5.74) is 2.00. The maximum Gasteiger partial charge on any atom is 0.416 e. The van der Waals surface area contributed by atoms with Crippen LogP contribution in [0.1, 0.15) is 30.5 Å². The molecule has 0 radical (unpaired) electrons. The van der Waals surface area contributed by atoms with Crippen molar-refractivity contribution in [3.05, 3.63) is 59.2 Å². The quantitative estimate of drug-likeness (QED) is 0.625. The first-order chi connectivity index (χ1) is 17.2. The molecule has 9 heteroatoms. The molecule has 6 nitrogen and oxygen atoms in total. The van der Waals surface area contributed by atoms with E-state index in [1.54, 1.807) is 12.1 Å². The molecule has 2 saturated heterocycles. The van der Waals surface area contributed by atoms with Crippen molar-refractivity contribution >= 4 is 17.3 Å². The molecule has 2 aromatic carbocycles. The van der Waals surface area contributed by atoms with Crippen LogP contribution in [0, 0.1) is 17.2 Å². The summed E-state index contributed by atoms with van der Waals surface area (Å²) in [6.07, 6.45) is -4.41. The van der Waals surface area contributed by atoms with Gasteiger partial charge in [-0.25, -0.2) is 0 Å². The molecule has 4 unspecified atom stereocenters. The van der Waals surface area contributed by atoms with Gasteiger partial charge in [-0.05, 0) is 56.2 Å². The molecule has 0 saturated carbocycles. The number of nitriles is 1. The molecule has 0 aliphatic carbocycles. The number of nitrogens with zero attached hydrogens (tertiary/aromatic N) is 4. The number of carbonyl (C=O) groups is 1. The van der Waals surface area contributed by atoms with E-state index in [1.165, 1.54) is 6.07 Å². The van der Waals surface area contributed by atoms with Gasteiger partial charge >= 0.3 is 6.18 Å². The monoisotopic (exact) mass is 498 g/mol. The van der Waals surface area contributed by atoms with Crippen LogP contribution in [0.5, 0.6) is 0 Å². The van der Waals surface area contributed by atoms with Crippen molar-refractivity contribution in [2.45, 2.75) is 44.7 Å². The maximum absolute atomic E-state index is 13.9. The summed E-state index contributed by atoms with van der Waals surface area (Å²) in [5, 5.41) is 9.61. The van der Waals surface area contributed by atoms with Gasteiger partial charge in [0.2, 0.25) is 5.91 Å². The van der Waals surface area contributed by atoms with Crippen LogP contribution < -0.4 is 9.80 Å². The van der Waals surface area contributed by atoms with Crippen molar-refractivity contribution in [1.29, 1.82) is 5.26 Å². The number of piperazine rings is 1. The van der Waals surface area contributed by atoms with Gasteiger partial charge in [-0.2, -0.15) is 18.4 Å². The topological polar surface area (TPSA) is 59.8 Å². The zero-order chi connectivity index (χ0) is 25.6. The molecule has 3 aliphatic rings. The van der Waals surface area contributed by atoms with Crippen molar-refractivity contribution in [3.8, 4) is 6.07 Å². The van der Waals surface area contributed by atoms with Gasteiger partial charge in [0.25, 0.3) is 0 Å². The van der Waals surface area contributed by atoms with Gasteiger partial charge in [0.1, 0.15) is 6.07 Å². The number of benzene rings is 2. The molecule has 0 aromatic heterocycles. The van der Waals surface area contributed by atoms with E-state index >= 15 is 0 Å². The lowest BCUT2D eigenvalue weighted by molar-refractivity contribution is -0.148. The van der Waals surface area contributed by atoms with Gasteiger partial charge in [-0.15, -0.1) is 0 Å². The van der Waals surface area contributed by atoms with Crippen LogP contribution >= 0.6 is 0 Å². The summed E-state index contributed by atoms with van der Waals surface area (Å²) < 4.78 is 46.3. The maximum atomic E-state index is 13.9. The average molecular weight is 499 g/mol. The van der Waals surface area contributed by atoms with Gasteiger partial charge < -0.3 is 19.4 Å². The second-order valence-corrected chi connectivity index (χ2v) is 9.99. The molecule has 190 valence electrons. The largest absolute Gasteiger partial charge is 0.416 e. The number of alkyl halides is 3. The molecule has 2 aromatic rings. The van der Waals surface area contributed by atoms with Gasteiger partial charge in [0, 0.05) is 38.4 Å². The van der Waals surface area contributed by atoms with Crippen LogP contribution in [0.3, 0.4) is 0 Å². The lowest BCUT2D eigenvalue weighted by Gasteiger charge is -2.51. The van der Waals surface area contributed by atoms with Crippen molar-refractivity contribution in [1.82, 2.24) is 4.90 Å². The number of hydrogen-bond acceptors (Lipinski definition) is 5. The highest BCUT2D eigenvalue weighted by molar-refractivity contribution is 5.83. The summed E-state index contributed by atoms with van der Waals surface area (Å²) in [5.74, 6) is -0.555. The molecule has 36 heavy (non-hydrogen) atoms. The molecular weight excluding hydrogens is 469 g/mol. The van der Waals surface area contributed by atoms with Crippen molar-refractivity contribution < 1.29 is 22.7 Å². The average Bonchev–Trinajstić information content (AvgIpc) is 2.86. The van der Waals surface area contributed by atoms with Crippen LogP contribution in [0.4, 0.5) is 24.5 Å². The predicted molar refractivity (Wildman–Crippen MR) is 130 cm³/mol. The Morgan fingerprint density at radius 1 is 1.03 bits per heavy atom. The Morgan fingerprint density at radius 3 is 2.44 bits per heavy atom. The zero-order valence-corrected chi connectivity index (χ0v) is 20.3. The molecule has 0 bridgehead atoms. The smallest absolute Gasteiger partial charge is 0.372 e. The Bertz CT molecular complexity index is 1180. The highest BCUT2D eigenvalue weighted by Gasteiger charge is 2.45. The Morgan fingerprint density at radius 2 is 1.75 bits per heavy atom. The Balaban J connectivity index is 1.51. The van der Waals surface area contributed by atoms with Gasteiger partial charge in [-0.3, -0.25) is 4.79 Å². The van der Waals surface area contributed by atoms with E-state index in [-0.39, 0.29) is 30.6 Å². The normalized spacial score (nSPS) is 26.2. The standard InChI is InChI=1S/C27H29F3N4O2/c1-17-14-33(15-18(2)36-17)26(35)22-12-20-11-21(27(28,29)30)7-8-24(20)34-10-9-32(16-25(22)34)23-6-4-3-5-19(23)13-31/h3-8,11,17-18,22,25H,9-10,12,14-16H2,1-2H3. The van der Waals surface area contributed by atoms with Gasteiger partial charge in [0.15, 0.2) is 0 Å². The number of anilines is 2. The fraction of sp³-hybridized carbons (Fsp3) is 0.481. The zero-order valence-electron chi connectivity index (χ0n) is 20.3. The van der Waals surface area contributed by atoms with E-state index in [2.05, 4.69) is 15.9 Å². The number of hydrogen-bond donors (Lipinski definition) is 0. The van der Waals surface area contributed by atoms with Gasteiger partial charge in [0.05, 0.1) is 41.0 Å². The molecule has 4 atom stereocenters. The minimum absolute atomic E-state index is 0.0505. The number of rotatable bonds is 2. The van der Waals surface area contributed by atoms with Crippen LogP contribution in [-0.4, -0.2) is 61.8 Å². The highest BCUT2D eigenvalue weighted by Crippen LogP contribution is 2.41. The molecule has 5 rings (SSSR count). The summed E-state index contributed by atoms with van der Waals surface area (Å²) in [7, 11) is 0. The first-order valence-corrected chi connectivity index (χ1v) is 12.3. The van der Waals surface area contributed by atoms with Crippen LogP contribution in [-0.2, 0) is 22.1 Å². The van der Waals surface area contributed by atoms with E-state index < -0.39 is 17.7 Å². The Labute approximate surface area is 208 Å². The molecule has 0 spiro atoms. The number of ether oxygens (including phenoxy) is 1. The molecule has 3 heterocycles. The summed E-state index contributed by atoms with van der Waals surface area (Å²) in [4.78, 5) is 19.9. The molecule has 1 amide bonds. The highest BCUT2D eigenvalue weighted by atomic mass is 19.4. The minimum atomic E-state index is -4.44. The lowest BCUT2D eigenvalue weighted by Crippen LogP contribution is -2.62. The van der Waals surface area contributed by atoms with Crippen LogP contribution in [0.2, 0.25) is 0 Å². The second-order valence-electron chi connectivity index (χ2n) is 9.99. The minimum Gasteiger partial charge on any atom is -0.372 e. The number of fused-ring (bicyclic) bond motifs is 3. The summed E-state index contributed by atoms with van der Waals surface area (Å²) >= 11 is 0. The van der Waals surface area contributed by atoms with Crippen LogP contribution in [0.15, 0.2) is 42.5 Å². The lowest BCUT2D eigenvalue weighted by atomic mass is 9.82. The van der Waals surface area contributed by atoms with Crippen molar-refractivity contribution in [2.24, 2.45) is 5.92 Å². The number of carbonyl (C=O) groups excluding carboxylic acids is 1. The summed E-state index contributed by atoms with van der Waals surface area (Å²) in [6, 6.07) is 13.3. The van der Waals surface area contributed by atoms with E-state index in [0.717, 1.165) is 17.4 Å². The van der Waals surface area contributed by atoms with Crippen molar-refractivity contribution in [3.63, 3.8) is 0 Å². The second kappa shape index (κ2) is 9.32. The third-order valence-corrected chi connectivity index (χ3v) is 7.45. The first-order valence-electron chi connectivity index (χ1n) is 12.3. The number of para-hydroxylation sites is 1. The Hall–Kier alpha value is -3.25. The SMILES string of the molecule is CC1CN(C(=O)C2Cc3cc(C(F)(F)F)ccc3N3CCN(c4ccccc4C#N)CC23)CC(C)O1. The molecule has 0 N–H and O–H groups in total. The third kappa shape index (κ3) is 4.50. The van der Waals surface area contributed by atoms with E-state index in [9.17, 15) is 23.2 Å². The van der Waals surface area contributed by atoms with E-state index in [0.29, 0.717) is 43.9 Å². The Kier molecular flexibility index (Phi) is 6.33.